The number of nitrogens with one attached hydrogen (secondary N) is 1. The van der Waals surface area contributed by atoms with Gasteiger partial charge in [0.1, 0.15) is 6.04 Å². The van der Waals surface area contributed by atoms with Crippen LogP contribution in [-0.4, -0.2) is 29.3 Å². The molecule has 106 valence electrons. The van der Waals surface area contributed by atoms with Crippen LogP contribution in [0.4, 0.5) is 0 Å². The van der Waals surface area contributed by atoms with Gasteiger partial charge in [-0.1, -0.05) is 23.7 Å². The van der Waals surface area contributed by atoms with Gasteiger partial charge in [-0.2, -0.15) is 0 Å². The Morgan fingerprint density at radius 1 is 1.35 bits per heavy atom. The normalized spacial score (nSPS) is 22.1. The van der Waals surface area contributed by atoms with E-state index in [0.717, 1.165) is 24.8 Å². The van der Waals surface area contributed by atoms with E-state index in [-0.39, 0.29) is 17.9 Å². The van der Waals surface area contributed by atoms with Gasteiger partial charge in [0.2, 0.25) is 11.8 Å². The first-order valence-electron chi connectivity index (χ1n) is 6.99. The molecular formula is C15H17ClN2O2. The molecule has 4 nitrogen and oxygen atoms in total. The smallest absolute Gasteiger partial charge is 0.245 e. The number of nitrogens with zero attached hydrogens (tertiary/aromatic N) is 1. The fraction of sp³-hybridized carbons (Fsp3) is 0.467. The number of amides is 2. The molecule has 1 atom stereocenters. The van der Waals surface area contributed by atoms with E-state index < -0.39 is 0 Å². The van der Waals surface area contributed by atoms with E-state index in [1.807, 2.05) is 17.0 Å². The number of rotatable bonds is 1. The van der Waals surface area contributed by atoms with Crippen molar-refractivity contribution in [2.45, 2.75) is 38.3 Å². The maximum absolute atomic E-state index is 12.5. The molecule has 2 aliphatic heterocycles. The molecule has 1 aromatic carbocycles. The molecule has 3 rings (SSSR count). The van der Waals surface area contributed by atoms with Crippen molar-refractivity contribution in [3.05, 3.63) is 34.3 Å². The lowest BCUT2D eigenvalue weighted by Gasteiger charge is -2.33. The fourth-order valence-electron chi connectivity index (χ4n) is 2.94. The number of piperidine rings is 1. The lowest BCUT2D eigenvalue weighted by Crippen LogP contribution is -2.51. The zero-order chi connectivity index (χ0) is 14.1. The summed E-state index contributed by atoms with van der Waals surface area (Å²) in [5.41, 5.74) is 2.25. The topological polar surface area (TPSA) is 49.4 Å². The number of carbonyl (C=O) groups excluding carboxylic acids is 2. The van der Waals surface area contributed by atoms with Crippen molar-refractivity contribution < 1.29 is 9.59 Å². The summed E-state index contributed by atoms with van der Waals surface area (Å²) in [4.78, 5) is 25.7. The monoisotopic (exact) mass is 292 g/mol. The Morgan fingerprint density at radius 3 is 3.00 bits per heavy atom. The molecule has 2 aliphatic rings. The summed E-state index contributed by atoms with van der Waals surface area (Å²) in [6.07, 6.45) is 2.87. The molecule has 5 heteroatoms. The summed E-state index contributed by atoms with van der Waals surface area (Å²) < 4.78 is 0. The zero-order valence-corrected chi connectivity index (χ0v) is 11.9. The van der Waals surface area contributed by atoms with Gasteiger partial charge in [0.05, 0.1) is 0 Å². The number of carbonyl (C=O) groups is 2. The highest BCUT2D eigenvalue weighted by atomic mass is 35.5. The molecule has 1 fully saturated rings. The second-order valence-corrected chi connectivity index (χ2v) is 5.81. The third-order valence-corrected chi connectivity index (χ3v) is 4.41. The minimum Gasteiger partial charge on any atom is -0.344 e. The van der Waals surface area contributed by atoms with Crippen LogP contribution < -0.4 is 5.32 Å². The van der Waals surface area contributed by atoms with Gasteiger partial charge in [-0.15, -0.1) is 0 Å². The zero-order valence-electron chi connectivity index (χ0n) is 11.2. The first kappa shape index (κ1) is 13.4. The lowest BCUT2D eigenvalue weighted by molar-refractivity contribution is -0.138. The number of fused-ring (bicyclic) bond motifs is 1. The Labute approximate surface area is 123 Å². The Hall–Kier alpha value is -1.55. The molecule has 1 aromatic rings. The SMILES string of the molecule is O=C1CCC[C@H](C(=O)N2CCc3cccc(Cl)c3C2)N1. The van der Waals surface area contributed by atoms with Crippen LogP contribution in [0.25, 0.3) is 0 Å². The van der Waals surface area contributed by atoms with Crippen LogP contribution in [0.3, 0.4) is 0 Å². The van der Waals surface area contributed by atoms with E-state index >= 15 is 0 Å². The summed E-state index contributed by atoms with van der Waals surface area (Å²) in [5, 5.41) is 3.50. The van der Waals surface area contributed by atoms with E-state index in [0.29, 0.717) is 24.5 Å². The van der Waals surface area contributed by atoms with Gasteiger partial charge < -0.3 is 10.2 Å². The highest BCUT2D eigenvalue weighted by molar-refractivity contribution is 6.31. The minimum absolute atomic E-state index is 0.0172. The van der Waals surface area contributed by atoms with Crippen LogP contribution in [0.5, 0.6) is 0 Å². The van der Waals surface area contributed by atoms with Gasteiger partial charge in [0.15, 0.2) is 0 Å². The Bertz CT molecular complexity index is 559. The van der Waals surface area contributed by atoms with E-state index in [1.165, 1.54) is 5.56 Å². The van der Waals surface area contributed by atoms with Crippen molar-refractivity contribution in [3.8, 4) is 0 Å². The largest absolute Gasteiger partial charge is 0.344 e. The van der Waals surface area contributed by atoms with Crippen molar-refractivity contribution in [2.24, 2.45) is 0 Å². The van der Waals surface area contributed by atoms with Crippen LogP contribution in [0.1, 0.15) is 30.4 Å². The Morgan fingerprint density at radius 2 is 2.20 bits per heavy atom. The number of halogens is 1. The van der Waals surface area contributed by atoms with Gasteiger partial charge >= 0.3 is 0 Å². The highest BCUT2D eigenvalue weighted by Crippen LogP contribution is 2.27. The summed E-state index contributed by atoms with van der Waals surface area (Å²) in [5.74, 6) is -0.00587. The Kier molecular flexibility index (Phi) is 3.66. The molecule has 0 aromatic heterocycles. The maximum Gasteiger partial charge on any atom is 0.245 e. The predicted octanol–water partition coefficient (Wildman–Crippen LogP) is 1.89. The minimum atomic E-state index is -0.361. The lowest BCUT2D eigenvalue weighted by atomic mass is 9.97. The third-order valence-electron chi connectivity index (χ3n) is 4.06. The molecule has 0 spiro atoms. The molecule has 0 saturated carbocycles. The standard InChI is InChI=1S/C15H17ClN2O2/c16-12-4-1-3-10-7-8-18(9-11(10)12)15(20)13-5-2-6-14(19)17-13/h1,3-4,13H,2,5-9H2,(H,17,19)/t13-/m1/s1. The van der Waals surface area contributed by atoms with E-state index in [2.05, 4.69) is 11.4 Å². The van der Waals surface area contributed by atoms with Crippen molar-refractivity contribution in [1.82, 2.24) is 10.2 Å². The molecule has 0 unspecified atom stereocenters. The quantitative estimate of drug-likeness (QED) is 0.859. The molecule has 2 amide bonds. The van der Waals surface area contributed by atoms with E-state index in [4.69, 9.17) is 11.6 Å². The van der Waals surface area contributed by atoms with Gasteiger partial charge in [0, 0.05) is 24.5 Å². The molecule has 1 N–H and O–H groups in total. The fourth-order valence-corrected chi connectivity index (χ4v) is 3.19. The second-order valence-electron chi connectivity index (χ2n) is 5.40. The van der Waals surface area contributed by atoms with Gasteiger partial charge in [-0.3, -0.25) is 9.59 Å². The number of hydrogen-bond donors (Lipinski definition) is 1. The summed E-state index contributed by atoms with van der Waals surface area (Å²) in [7, 11) is 0. The summed E-state index contributed by atoms with van der Waals surface area (Å²) in [6, 6.07) is 5.50. The van der Waals surface area contributed by atoms with Gasteiger partial charge in [-0.25, -0.2) is 0 Å². The number of hydrogen-bond acceptors (Lipinski definition) is 2. The first-order valence-corrected chi connectivity index (χ1v) is 7.37. The van der Waals surface area contributed by atoms with Crippen molar-refractivity contribution in [2.75, 3.05) is 6.54 Å². The van der Waals surface area contributed by atoms with Crippen molar-refractivity contribution >= 4 is 23.4 Å². The van der Waals surface area contributed by atoms with Gasteiger partial charge in [-0.05, 0) is 36.5 Å². The predicted molar refractivity (Wildman–Crippen MR) is 76.4 cm³/mol. The maximum atomic E-state index is 12.5. The van der Waals surface area contributed by atoms with Crippen LogP contribution in [0.15, 0.2) is 18.2 Å². The average Bonchev–Trinajstić information content (AvgIpc) is 2.47. The highest BCUT2D eigenvalue weighted by Gasteiger charge is 2.30. The van der Waals surface area contributed by atoms with E-state index in [9.17, 15) is 9.59 Å². The number of benzene rings is 1. The van der Waals surface area contributed by atoms with Crippen molar-refractivity contribution in [3.63, 3.8) is 0 Å². The molecule has 0 aliphatic carbocycles. The van der Waals surface area contributed by atoms with E-state index in [1.54, 1.807) is 0 Å². The summed E-state index contributed by atoms with van der Waals surface area (Å²) >= 11 is 6.21. The Balaban J connectivity index is 1.74. The average molecular weight is 293 g/mol. The van der Waals surface area contributed by atoms with Crippen LogP contribution in [0, 0.1) is 0 Å². The van der Waals surface area contributed by atoms with Crippen LogP contribution in [-0.2, 0) is 22.6 Å². The molecule has 20 heavy (non-hydrogen) atoms. The van der Waals surface area contributed by atoms with Crippen LogP contribution >= 0.6 is 11.6 Å². The van der Waals surface area contributed by atoms with Gasteiger partial charge in [0.25, 0.3) is 0 Å². The molecular weight excluding hydrogens is 276 g/mol. The van der Waals surface area contributed by atoms with Crippen LogP contribution in [0.2, 0.25) is 5.02 Å². The molecule has 0 bridgehead atoms. The molecule has 1 saturated heterocycles. The van der Waals surface area contributed by atoms with Crippen molar-refractivity contribution in [1.29, 1.82) is 0 Å². The second kappa shape index (κ2) is 5.44. The first-order chi connectivity index (χ1) is 9.65. The molecule has 0 radical (unpaired) electrons. The third kappa shape index (κ3) is 2.52. The molecule has 2 heterocycles. The summed E-state index contributed by atoms with van der Waals surface area (Å²) in [6.45, 7) is 1.23.